The van der Waals surface area contributed by atoms with Gasteiger partial charge in [0.25, 0.3) is 0 Å². The number of fused-ring (bicyclic) bond motifs is 1. The lowest BCUT2D eigenvalue weighted by Gasteiger charge is -2.33. The summed E-state index contributed by atoms with van der Waals surface area (Å²) in [5.41, 5.74) is 6.56. The minimum absolute atomic E-state index is 0.0828. The maximum atomic E-state index is 14.1. The first-order valence-electron chi connectivity index (χ1n) is 7.45. The summed E-state index contributed by atoms with van der Waals surface area (Å²) >= 11 is 0. The number of rotatable bonds is 3. The molecular weight excluding hydrogens is 274 g/mol. The van der Waals surface area contributed by atoms with E-state index in [2.05, 4.69) is 16.8 Å². The predicted molar refractivity (Wildman–Crippen MR) is 79.1 cm³/mol. The second-order valence-corrected chi connectivity index (χ2v) is 5.64. The number of hydrogen-bond acceptors (Lipinski definition) is 3. The number of piperidine rings is 1. The molecule has 1 aliphatic rings. The SMILES string of the molecule is CCCN1CCC(n2c(N)nc3ccc(F)c(F)c32)CC1. The van der Waals surface area contributed by atoms with E-state index in [4.69, 9.17) is 5.73 Å². The first kappa shape index (κ1) is 14.3. The first-order valence-corrected chi connectivity index (χ1v) is 7.45. The highest BCUT2D eigenvalue weighted by molar-refractivity contribution is 5.79. The number of aromatic nitrogens is 2. The molecular formula is C15H20F2N4. The molecule has 0 atom stereocenters. The molecule has 0 aliphatic carbocycles. The summed E-state index contributed by atoms with van der Waals surface area (Å²) in [6.45, 7) is 5.14. The van der Waals surface area contributed by atoms with Gasteiger partial charge in [0.05, 0.1) is 5.52 Å². The third-order valence-corrected chi connectivity index (χ3v) is 4.23. The predicted octanol–water partition coefficient (Wildman–Crippen LogP) is 2.94. The van der Waals surface area contributed by atoms with E-state index in [0.29, 0.717) is 5.52 Å². The molecule has 2 heterocycles. The highest BCUT2D eigenvalue weighted by atomic mass is 19.2. The molecule has 0 bridgehead atoms. The zero-order chi connectivity index (χ0) is 15.0. The molecule has 1 aromatic heterocycles. The summed E-state index contributed by atoms with van der Waals surface area (Å²) in [5, 5.41) is 0. The van der Waals surface area contributed by atoms with Crippen LogP contribution in [0.1, 0.15) is 32.2 Å². The number of nitrogens with two attached hydrogens (primary N) is 1. The fourth-order valence-electron chi connectivity index (χ4n) is 3.23. The molecule has 0 amide bonds. The van der Waals surface area contributed by atoms with Crippen molar-refractivity contribution in [1.29, 1.82) is 0 Å². The molecule has 0 saturated carbocycles. The van der Waals surface area contributed by atoms with Gasteiger partial charge in [-0.25, -0.2) is 13.8 Å². The van der Waals surface area contributed by atoms with Crippen LogP contribution in [-0.4, -0.2) is 34.1 Å². The minimum atomic E-state index is -0.855. The third-order valence-electron chi connectivity index (χ3n) is 4.23. The van der Waals surface area contributed by atoms with Gasteiger partial charge in [0.1, 0.15) is 5.52 Å². The van der Waals surface area contributed by atoms with Gasteiger partial charge in [0.15, 0.2) is 11.6 Å². The summed E-state index contributed by atoms with van der Waals surface area (Å²) in [4.78, 5) is 6.56. The van der Waals surface area contributed by atoms with Crippen molar-refractivity contribution in [2.75, 3.05) is 25.4 Å². The number of halogens is 2. The van der Waals surface area contributed by atoms with Gasteiger partial charge in [-0.2, -0.15) is 0 Å². The average Bonchev–Trinajstić information content (AvgIpc) is 2.81. The largest absolute Gasteiger partial charge is 0.369 e. The molecule has 114 valence electrons. The van der Waals surface area contributed by atoms with Crippen molar-refractivity contribution >= 4 is 17.0 Å². The number of anilines is 1. The number of hydrogen-bond donors (Lipinski definition) is 1. The van der Waals surface area contributed by atoms with Gasteiger partial charge in [-0.3, -0.25) is 0 Å². The van der Waals surface area contributed by atoms with Gasteiger partial charge < -0.3 is 15.2 Å². The number of benzene rings is 1. The lowest BCUT2D eigenvalue weighted by atomic mass is 10.0. The van der Waals surface area contributed by atoms with Crippen LogP contribution in [0.2, 0.25) is 0 Å². The Kier molecular flexibility index (Phi) is 3.80. The van der Waals surface area contributed by atoms with Gasteiger partial charge in [-0.15, -0.1) is 0 Å². The number of nitrogens with zero attached hydrogens (tertiary/aromatic N) is 3. The van der Waals surface area contributed by atoms with Crippen molar-refractivity contribution in [2.45, 2.75) is 32.2 Å². The van der Waals surface area contributed by atoms with Gasteiger partial charge in [-0.05, 0) is 37.9 Å². The zero-order valence-electron chi connectivity index (χ0n) is 12.1. The Balaban J connectivity index is 1.94. The van der Waals surface area contributed by atoms with Crippen LogP contribution >= 0.6 is 0 Å². The Hall–Kier alpha value is -1.69. The van der Waals surface area contributed by atoms with Crippen molar-refractivity contribution in [3.63, 3.8) is 0 Å². The first-order chi connectivity index (χ1) is 10.1. The van der Waals surface area contributed by atoms with E-state index in [1.165, 1.54) is 6.07 Å². The maximum Gasteiger partial charge on any atom is 0.201 e. The lowest BCUT2D eigenvalue weighted by molar-refractivity contribution is 0.189. The molecule has 0 spiro atoms. The average molecular weight is 294 g/mol. The summed E-state index contributed by atoms with van der Waals surface area (Å²) in [6, 6.07) is 2.66. The molecule has 0 unspecified atom stereocenters. The van der Waals surface area contributed by atoms with Crippen molar-refractivity contribution in [3.8, 4) is 0 Å². The van der Waals surface area contributed by atoms with Gasteiger partial charge in [0, 0.05) is 19.1 Å². The van der Waals surface area contributed by atoms with Gasteiger partial charge >= 0.3 is 0 Å². The van der Waals surface area contributed by atoms with E-state index in [1.807, 2.05) is 0 Å². The van der Waals surface area contributed by atoms with Crippen LogP contribution in [0.3, 0.4) is 0 Å². The fraction of sp³-hybridized carbons (Fsp3) is 0.533. The van der Waals surface area contributed by atoms with Gasteiger partial charge in [-0.1, -0.05) is 6.92 Å². The molecule has 1 aromatic carbocycles. The van der Waals surface area contributed by atoms with E-state index >= 15 is 0 Å². The van der Waals surface area contributed by atoms with Crippen molar-refractivity contribution in [1.82, 2.24) is 14.5 Å². The van der Waals surface area contributed by atoms with E-state index in [9.17, 15) is 8.78 Å². The monoisotopic (exact) mass is 294 g/mol. The smallest absolute Gasteiger partial charge is 0.201 e. The number of imidazole rings is 1. The Bertz CT molecular complexity index is 645. The fourth-order valence-corrected chi connectivity index (χ4v) is 3.23. The van der Waals surface area contributed by atoms with Crippen molar-refractivity contribution in [3.05, 3.63) is 23.8 Å². The Labute approximate surface area is 122 Å². The molecule has 2 N–H and O–H groups in total. The van der Waals surface area contributed by atoms with E-state index in [1.54, 1.807) is 4.57 Å². The topological polar surface area (TPSA) is 47.1 Å². The number of nitrogen functional groups attached to an aromatic ring is 1. The quantitative estimate of drug-likeness (QED) is 0.946. The molecule has 4 nitrogen and oxygen atoms in total. The normalized spacial score (nSPS) is 17.7. The zero-order valence-corrected chi connectivity index (χ0v) is 12.1. The molecule has 3 rings (SSSR count). The lowest BCUT2D eigenvalue weighted by Crippen LogP contribution is -2.35. The number of likely N-dealkylation sites (tertiary alicyclic amines) is 1. The van der Waals surface area contributed by atoms with Crippen LogP contribution in [0.4, 0.5) is 14.7 Å². The second kappa shape index (κ2) is 5.60. The van der Waals surface area contributed by atoms with Crippen LogP contribution in [0.5, 0.6) is 0 Å². The minimum Gasteiger partial charge on any atom is -0.369 e. The van der Waals surface area contributed by atoms with E-state index in [-0.39, 0.29) is 17.5 Å². The molecule has 2 aromatic rings. The third kappa shape index (κ3) is 2.48. The van der Waals surface area contributed by atoms with Crippen molar-refractivity contribution < 1.29 is 8.78 Å². The van der Waals surface area contributed by atoms with Crippen LogP contribution in [-0.2, 0) is 0 Å². The summed E-state index contributed by atoms with van der Waals surface area (Å²) in [7, 11) is 0. The van der Waals surface area contributed by atoms with Crippen LogP contribution in [0, 0.1) is 11.6 Å². The van der Waals surface area contributed by atoms with E-state index in [0.717, 1.165) is 45.0 Å². The molecule has 1 saturated heterocycles. The highest BCUT2D eigenvalue weighted by Gasteiger charge is 2.25. The molecule has 0 radical (unpaired) electrons. The van der Waals surface area contributed by atoms with Gasteiger partial charge in [0.2, 0.25) is 5.95 Å². The Morgan fingerprint density at radius 1 is 1.29 bits per heavy atom. The summed E-state index contributed by atoms with van der Waals surface area (Å²) in [5.74, 6) is -1.44. The second-order valence-electron chi connectivity index (χ2n) is 5.64. The van der Waals surface area contributed by atoms with Crippen molar-refractivity contribution in [2.24, 2.45) is 0 Å². The maximum absolute atomic E-state index is 14.1. The molecule has 1 fully saturated rings. The Morgan fingerprint density at radius 2 is 2.00 bits per heavy atom. The van der Waals surface area contributed by atoms with E-state index < -0.39 is 11.6 Å². The molecule has 21 heavy (non-hydrogen) atoms. The summed E-state index contributed by atoms with van der Waals surface area (Å²) < 4.78 is 29.3. The Morgan fingerprint density at radius 3 is 2.67 bits per heavy atom. The molecule has 6 heteroatoms. The highest BCUT2D eigenvalue weighted by Crippen LogP contribution is 2.31. The summed E-state index contributed by atoms with van der Waals surface area (Å²) in [6.07, 6.45) is 2.89. The molecule has 1 aliphatic heterocycles. The van der Waals surface area contributed by atoms with Crippen LogP contribution in [0.15, 0.2) is 12.1 Å². The van der Waals surface area contributed by atoms with Crippen LogP contribution in [0.25, 0.3) is 11.0 Å². The standard InChI is InChI=1S/C15H20F2N4/c1-2-7-20-8-5-10(6-9-20)21-14-12(19-15(21)18)4-3-11(16)13(14)17/h3-4,10H,2,5-9H2,1H3,(H2,18,19). The van der Waals surface area contributed by atoms with Crippen LogP contribution < -0.4 is 5.73 Å².